The third-order valence-corrected chi connectivity index (χ3v) is 5.85. The van der Waals surface area contributed by atoms with Crippen LogP contribution >= 0.6 is 0 Å². The molecule has 4 heteroatoms. The van der Waals surface area contributed by atoms with Gasteiger partial charge in [0.15, 0.2) is 5.78 Å². The van der Waals surface area contributed by atoms with Gasteiger partial charge in [-0.15, -0.1) is 0 Å². The van der Waals surface area contributed by atoms with Crippen LogP contribution in [-0.2, 0) is 25.2 Å². The van der Waals surface area contributed by atoms with Crippen molar-refractivity contribution in [3.8, 4) is 5.75 Å². The Kier molecular flexibility index (Phi) is 5.96. The zero-order valence-electron chi connectivity index (χ0n) is 19.5. The molecular weight excluding hydrogens is 388 g/mol. The van der Waals surface area contributed by atoms with Gasteiger partial charge in [-0.3, -0.25) is 14.4 Å². The quantitative estimate of drug-likeness (QED) is 0.372. The van der Waals surface area contributed by atoms with Crippen molar-refractivity contribution in [1.29, 1.82) is 0 Å². The molecule has 0 N–H and O–H groups in total. The highest BCUT2D eigenvalue weighted by Gasteiger charge is 2.45. The molecule has 0 aliphatic carbocycles. The molecule has 4 nitrogen and oxygen atoms in total. The number of rotatable bonds is 4. The van der Waals surface area contributed by atoms with E-state index in [1.54, 1.807) is 0 Å². The van der Waals surface area contributed by atoms with Crippen LogP contribution in [0.1, 0.15) is 83.1 Å². The minimum atomic E-state index is -1.04. The Hall–Kier alpha value is -2.75. The molecule has 2 atom stereocenters. The van der Waals surface area contributed by atoms with Crippen molar-refractivity contribution in [2.75, 3.05) is 0 Å². The molecule has 1 aliphatic rings. The fourth-order valence-corrected chi connectivity index (χ4v) is 4.17. The van der Waals surface area contributed by atoms with Crippen molar-refractivity contribution in [1.82, 2.24) is 0 Å². The summed E-state index contributed by atoms with van der Waals surface area (Å²) in [6.45, 7) is 14.1. The van der Waals surface area contributed by atoms with E-state index in [1.165, 1.54) is 6.92 Å². The van der Waals surface area contributed by atoms with Gasteiger partial charge in [-0.25, -0.2) is 0 Å². The Morgan fingerprint density at radius 3 is 2.06 bits per heavy atom. The lowest BCUT2D eigenvalue weighted by Crippen LogP contribution is -2.39. The van der Waals surface area contributed by atoms with Crippen molar-refractivity contribution in [2.24, 2.45) is 5.92 Å². The molecule has 2 unspecified atom stereocenters. The number of ketones is 2. The minimum Gasteiger partial charge on any atom is -0.425 e. The van der Waals surface area contributed by atoms with Gasteiger partial charge in [0, 0.05) is 17.0 Å². The smallest absolute Gasteiger partial charge is 0.322 e. The van der Waals surface area contributed by atoms with Crippen molar-refractivity contribution in [2.45, 2.75) is 71.6 Å². The number of fused-ring (bicyclic) bond motifs is 1. The molecular formula is C27H32O4. The van der Waals surface area contributed by atoms with E-state index in [1.807, 2.05) is 30.3 Å². The van der Waals surface area contributed by atoms with Gasteiger partial charge in [-0.05, 0) is 28.9 Å². The predicted octanol–water partition coefficient (Wildman–Crippen LogP) is 5.50. The number of carbonyl (C=O) groups excluding carboxylic acids is 3. The van der Waals surface area contributed by atoms with Gasteiger partial charge in [-0.2, -0.15) is 0 Å². The van der Waals surface area contributed by atoms with E-state index in [0.29, 0.717) is 5.75 Å². The summed E-state index contributed by atoms with van der Waals surface area (Å²) in [5.74, 6) is -2.22. The SMILES string of the molecule is CC(=O)CC(=O)C1C(=O)Oc2c(cc(C(C)(C)C)cc2C(C)(C)C)C1c1ccccc1. The van der Waals surface area contributed by atoms with Crippen LogP contribution in [0.2, 0.25) is 0 Å². The van der Waals surface area contributed by atoms with E-state index in [4.69, 9.17) is 4.74 Å². The Morgan fingerprint density at radius 1 is 0.935 bits per heavy atom. The second-order valence-electron chi connectivity index (χ2n) is 10.6. The summed E-state index contributed by atoms with van der Waals surface area (Å²) in [5, 5.41) is 0. The van der Waals surface area contributed by atoms with E-state index in [2.05, 4.69) is 53.7 Å². The van der Waals surface area contributed by atoms with Gasteiger partial charge >= 0.3 is 5.97 Å². The molecule has 2 aromatic rings. The summed E-state index contributed by atoms with van der Waals surface area (Å²) in [5.41, 5.74) is 3.38. The third-order valence-electron chi connectivity index (χ3n) is 5.85. The molecule has 0 radical (unpaired) electrons. The third kappa shape index (κ3) is 4.63. The first-order valence-electron chi connectivity index (χ1n) is 10.8. The molecule has 0 amide bonds. The molecule has 0 spiro atoms. The lowest BCUT2D eigenvalue weighted by Gasteiger charge is -2.36. The number of hydrogen-bond donors (Lipinski definition) is 0. The van der Waals surface area contributed by atoms with Crippen LogP contribution in [0.15, 0.2) is 42.5 Å². The molecule has 3 rings (SSSR count). The first-order valence-corrected chi connectivity index (χ1v) is 10.8. The van der Waals surface area contributed by atoms with Gasteiger partial charge in [-0.1, -0.05) is 84.0 Å². The van der Waals surface area contributed by atoms with Crippen molar-refractivity contribution in [3.63, 3.8) is 0 Å². The molecule has 1 heterocycles. The molecule has 2 aromatic carbocycles. The van der Waals surface area contributed by atoms with E-state index in [9.17, 15) is 14.4 Å². The Balaban J connectivity index is 2.34. The van der Waals surface area contributed by atoms with Gasteiger partial charge in [0.1, 0.15) is 17.5 Å². The van der Waals surface area contributed by atoms with Gasteiger partial charge in [0.05, 0.1) is 6.42 Å². The van der Waals surface area contributed by atoms with Crippen molar-refractivity contribution < 1.29 is 19.1 Å². The second kappa shape index (κ2) is 8.07. The highest BCUT2D eigenvalue weighted by molar-refractivity contribution is 6.09. The average Bonchev–Trinajstić information content (AvgIpc) is 2.64. The summed E-state index contributed by atoms with van der Waals surface area (Å²) >= 11 is 0. The maximum Gasteiger partial charge on any atom is 0.322 e. The van der Waals surface area contributed by atoms with Crippen LogP contribution < -0.4 is 4.74 Å². The highest BCUT2D eigenvalue weighted by atomic mass is 16.5. The molecule has 1 aliphatic heterocycles. The number of benzene rings is 2. The summed E-state index contributed by atoms with van der Waals surface area (Å²) in [4.78, 5) is 37.9. The van der Waals surface area contributed by atoms with Crippen molar-refractivity contribution in [3.05, 3.63) is 64.7 Å². The minimum absolute atomic E-state index is 0.128. The number of ether oxygens (including phenoxy) is 1. The molecule has 31 heavy (non-hydrogen) atoms. The van der Waals surface area contributed by atoms with Crippen LogP contribution in [0.3, 0.4) is 0 Å². The molecule has 0 aromatic heterocycles. The van der Waals surface area contributed by atoms with Crippen molar-refractivity contribution >= 4 is 17.5 Å². The largest absolute Gasteiger partial charge is 0.425 e. The standard InChI is InChI=1S/C27H32O4/c1-16(28)13-21(29)23-22(17-11-9-8-10-12-17)19-14-18(26(2,3)4)15-20(27(5,6)7)24(19)31-25(23)30/h8-12,14-15,22-23H,13H2,1-7H3. The van der Waals surface area contributed by atoms with Crippen LogP contribution in [0.25, 0.3) is 0 Å². The fourth-order valence-electron chi connectivity index (χ4n) is 4.17. The second-order valence-corrected chi connectivity index (χ2v) is 10.6. The van der Waals surface area contributed by atoms with E-state index < -0.39 is 23.6 Å². The van der Waals surface area contributed by atoms with Gasteiger partial charge in [0.2, 0.25) is 0 Å². The molecule has 0 bridgehead atoms. The maximum absolute atomic E-state index is 13.2. The predicted molar refractivity (Wildman–Crippen MR) is 122 cm³/mol. The van der Waals surface area contributed by atoms with E-state index >= 15 is 0 Å². The first kappa shape index (κ1) is 22.9. The molecule has 164 valence electrons. The summed E-state index contributed by atoms with van der Waals surface area (Å²) in [6, 6.07) is 13.8. The Morgan fingerprint density at radius 2 is 1.55 bits per heavy atom. The van der Waals surface area contributed by atoms with Crippen LogP contribution in [-0.4, -0.2) is 17.5 Å². The average molecular weight is 421 g/mol. The highest BCUT2D eigenvalue weighted by Crippen LogP contribution is 2.48. The maximum atomic E-state index is 13.2. The van der Waals surface area contributed by atoms with Crippen LogP contribution in [0, 0.1) is 5.92 Å². The summed E-state index contributed by atoms with van der Waals surface area (Å²) < 4.78 is 5.85. The molecule has 0 fully saturated rings. The normalized spacial score (nSPS) is 18.9. The Bertz CT molecular complexity index is 1020. The monoisotopic (exact) mass is 420 g/mol. The van der Waals surface area contributed by atoms with E-state index in [-0.39, 0.29) is 23.0 Å². The zero-order chi connectivity index (χ0) is 23.1. The first-order chi connectivity index (χ1) is 14.3. The fraction of sp³-hybridized carbons (Fsp3) is 0.444. The topological polar surface area (TPSA) is 60.4 Å². The summed E-state index contributed by atoms with van der Waals surface area (Å²) in [7, 11) is 0. The lowest BCUT2D eigenvalue weighted by molar-refractivity contribution is -0.146. The van der Waals surface area contributed by atoms with Crippen LogP contribution in [0.5, 0.6) is 5.75 Å². The van der Waals surface area contributed by atoms with Gasteiger partial charge < -0.3 is 4.74 Å². The van der Waals surface area contributed by atoms with Gasteiger partial charge in [0.25, 0.3) is 0 Å². The number of esters is 1. The Labute approximate surface area is 185 Å². The lowest BCUT2D eigenvalue weighted by atomic mass is 9.71. The number of hydrogen-bond acceptors (Lipinski definition) is 4. The van der Waals surface area contributed by atoms with E-state index in [0.717, 1.165) is 22.3 Å². The summed E-state index contributed by atoms with van der Waals surface area (Å²) in [6.07, 6.45) is -0.274. The van der Waals surface area contributed by atoms with Crippen LogP contribution in [0.4, 0.5) is 0 Å². The number of carbonyl (C=O) groups is 3. The molecule has 0 saturated carbocycles. The molecule has 0 saturated heterocycles. The zero-order valence-corrected chi connectivity index (χ0v) is 19.5. The number of Topliss-reactive ketones (excluding diaryl/α,β-unsaturated/α-hetero) is 2.